The van der Waals surface area contributed by atoms with Crippen LogP contribution in [0.3, 0.4) is 0 Å². The molecule has 4 rings (SSSR count). The third-order valence-corrected chi connectivity index (χ3v) is 5.49. The second kappa shape index (κ2) is 5.48. The predicted molar refractivity (Wildman–Crippen MR) is 90.9 cm³/mol. The number of halogens is 2. The summed E-state index contributed by atoms with van der Waals surface area (Å²) in [6.45, 7) is 0.762. The molecule has 1 aliphatic heterocycles. The van der Waals surface area contributed by atoms with Crippen LogP contribution in [-0.4, -0.2) is 29.4 Å². The number of aromatic amines is 1. The molecule has 0 saturated heterocycles. The van der Waals surface area contributed by atoms with Gasteiger partial charge in [0, 0.05) is 30.8 Å². The van der Waals surface area contributed by atoms with Crippen molar-refractivity contribution in [3.8, 4) is 11.1 Å². The van der Waals surface area contributed by atoms with Crippen molar-refractivity contribution >= 4 is 21.8 Å². The second-order valence-electron chi connectivity index (χ2n) is 6.67. The van der Waals surface area contributed by atoms with E-state index in [1.54, 1.807) is 12.1 Å². The summed E-state index contributed by atoms with van der Waals surface area (Å²) in [5, 5.41) is 0. The smallest absolute Gasteiger partial charge is 0.256 e. The molecule has 1 atom stereocenters. The molecule has 0 spiro atoms. The highest BCUT2D eigenvalue weighted by atomic mass is 79.9. The number of nitrogens with one attached hydrogen (secondary N) is 1. The van der Waals surface area contributed by atoms with Crippen LogP contribution in [0.25, 0.3) is 11.1 Å². The zero-order valence-corrected chi connectivity index (χ0v) is 14.5. The number of rotatable bonds is 3. The lowest BCUT2D eigenvalue weighted by molar-refractivity contribution is 0.0761. The van der Waals surface area contributed by atoms with Crippen molar-refractivity contribution in [2.75, 3.05) is 13.6 Å². The third kappa shape index (κ3) is 2.61. The fourth-order valence-corrected chi connectivity index (χ4v) is 4.19. The number of carbonyl (C=O) groups excluding carboxylic acids is 1. The third-order valence-electron chi connectivity index (χ3n) is 4.89. The van der Waals surface area contributed by atoms with E-state index in [-0.39, 0.29) is 11.7 Å². The summed E-state index contributed by atoms with van der Waals surface area (Å²) in [6.07, 6.45) is 3.73. The van der Waals surface area contributed by atoms with Gasteiger partial charge in [-0.2, -0.15) is 0 Å². The highest BCUT2D eigenvalue weighted by Gasteiger charge is 2.37. The van der Waals surface area contributed by atoms with E-state index in [0.29, 0.717) is 5.92 Å². The van der Waals surface area contributed by atoms with Gasteiger partial charge in [0.05, 0.1) is 10.2 Å². The average molecular weight is 377 g/mol. The summed E-state index contributed by atoms with van der Waals surface area (Å²) in [6, 6.07) is 6.31. The first-order valence-corrected chi connectivity index (χ1v) is 8.76. The quantitative estimate of drug-likeness (QED) is 0.837. The summed E-state index contributed by atoms with van der Waals surface area (Å²) < 4.78 is 14.0. The van der Waals surface area contributed by atoms with Crippen LogP contribution in [0.5, 0.6) is 0 Å². The van der Waals surface area contributed by atoms with Crippen molar-refractivity contribution < 1.29 is 9.18 Å². The molecule has 23 heavy (non-hydrogen) atoms. The molecule has 1 aromatic heterocycles. The van der Waals surface area contributed by atoms with Crippen molar-refractivity contribution in [1.82, 2.24) is 9.88 Å². The van der Waals surface area contributed by atoms with Crippen LogP contribution in [0.1, 0.15) is 41.2 Å². The Morgan fingerprint density at radius 2 is 1.96 bits per heavy atom. The van der Waals surface area contributed by atoms with Crippen LogP contribution in [0, 0.1) is 11.7 Å². The van der Waals surface area contributed by atoms with Gasteiger partial charge in [-0.15, -0.1) is 0 Å². The van der Waals surface area contributed by atoms with Crippen LogP contribution in [0.4, 0.5) is 4.39 Å². The Kier molecular flexibility index (Phi) is 3.56. The molecule has 120 valence electrons. The maximum atomic E-state index is 13.2. The van der Waals surface area contributed by atoms with Gasteiger partial charge in [0.15, 0.2) is 0 Å². The topological polar surface area (TPSA) is 36.1 Å². The maximum Gasteiger partial charge on any atom is 0.256 e. The first kappa shape index (κ1) is 14.9. The maximum absolute atomic E-state index is 13.2. The SMILES string of the molecule is CN1CC(CC2CC2)c2[nH]c(Br)c(-c3ccc(F)cc3)c2C1=O. The molecule has 1 saturated carbocycles. The van der Waals surface area contributed by atoms with E-state index in [9.17, 15) is 9.18 Å². The van der Waals surface area contributed by atoms with Gasteiger partial charge >= 0.3 is 0 Å². The summed E-state index contributed by atoms with van der Waals surface area (Å²) in [7, 11) is 1.86. The molecule has 0 radical (unpaired) electrons. The number of benzene rings is 1. The molecule has 1 N–H and O–H groups in total. The van der Waals surface area contributed by atoms with Crippen LogP contribution in [-0.2, 0) is 0 Å². The predicted octanol–water partition coefficient (Wildman–Crippen LogP) is 4.55. The van der Waals surface area contributed by atoms with Crippen molar-refractivity contribution in [3.63, 3.8) is 0 Å². The van der Waals surface area contributed by atoms with Gasteiger partial charge in [-0.05, 0) is 46.0 Å². The van der Waals surface area contributed by atoms with E-state index < -0.39 is 0 Å². The minimum Gasteiger partial charge on any atom is -0.352 e. The normalized spacial score (nSPS) is 20.7. The van der Waals surface area contributed by atoms with Crippen LogP contribution >= 0.6 is 15.9 Å². The molecule has 1 fully saturated rings. The molecule has 2 aliphatic rings. The van der Waals surface area contributed by atoms with E-state index >= 15 is 0 Å². The van der Waals surface area contributed by atoms with Crippen LogP contribution in [0.2, 0.25) is 0 Å². The minimum absolute atomic E-state index is 0.0355. The molecule has 0 bridgehead atoms. The molecule has 2 heterocycles. The van der Waals surface area contributed by atoms with Gasteiger partial charge in [0.2, 0.25) is 0 Å². The Labute approximate surface area is 143 Å². The minimum atomic E-state index is -0.274. The number of nitrogens with zero attached hydrogens (tertiary/aromatic N) is 1. The molecular weight excluding hydrogens is 359 g/mol. The Morgan fingerprint density at radius 1 is 1.26 bits per heavy atom. The van der Waals surface area contributed by atoms with E-state index in [0.717, 1.165) is 45.9 Å². The Morgan fingerprint density at radius 3 is 2.61 bits per heavy atom. The highest BCUT2D eigenvalue weighted by molar-refractivity contribution is 9.10. The number of fused-ring (bicyclic) bond motifs is 1. The number of H-pyrrole nitrogens is 1. The second-order valence-corrected chi connectivity index (χ2v) is 7.46. The summed E-state index contributed by atoms with van der Waals surface area (Å²) in [4.78, 5) is 17.9. The number of aromatic nitrogens is 1. The van der Waals surface area contributed by atoms with Crippen molar-refractivity contribution in [1.29, 1.82) is 0 Å². The molecule has 1 aliphatic carbocycles. The molecule has 5 heteroatoms. The first-order chi connectivity index (χ1) is 11.0. The zero-order valence-electron chi connectivity index (χ0n) is 12.9. The lowest BCUT2D eigenvalue weighted by atomic mass is 9.88. The van der Waals surface area contributed by atoms with Crippen LogP contribution < -0.4 is 0 Å². The monoisotopic (exact) mass is 376 g/mol. The number of carbonyl (C=O) groups is 1. The molecule has 2 aromatic rings. The van der Waals surface area contributed by atoms with Crippen LogP contribution in [0.15, 0.2) is 28.9 Å². The van der Waals surface area contributed by atoms with Crippen molar-refractivity contribution in [2.24, 2.45) is 5.92 Å². The summed E-state index contributed by atoms with van der Waals surface area (Å²) >= 11 is 3.57. The first-order valence-electron chi connectivity index (χ1n) is 7.97. The van der Waals surface area contributed by atoms with E-state index in [1.165, 1.54) is 25.0 Å². The van der Waals surface area contributed by atoms with E-state index in [4.69, 9.17) is 0 Å². The lowest BCUT2D eigenvalue weighted by Gasteiger charge is -2.30. The molecule has 1 unspecified atom stereocenters. The fourth-order valence-electron chi connectivity index (χ4n) is 3.55. The van der Waals surface area contributed by atoms with Gasteiger partial charge in [-0.25, -0.2) is 4.39 Å². The lowest BCUT2D eigenvalue weighted by Crippen LogP contribution is -2.37. The number of amides is 1. The zero-order chi connectivity index (χ0) is 16.1. The number of hydrogen-bond donors (Lipinski definition) is 1. The van der Waals surface area contributed by atoms with Gasteiger partial charge in [0.25, 0.3) is 5.91 Å². The standard InChI is InChI=1S/C18H18BrFN2O/c1-22-9-12(8-10-2-3-10)16-15(18(22)23)14(17(19)21-16)11-4-6-13(20)7-5-11/h4-7,10,12,21H,2-3,8-9H2,1H3. The van der Waals surface area contributed by atoms with E-state index in [2.05, 4.69) is 20.9 Å². The Hall–Kier alpha value is -1.62. The van der Waals surface area contributed by atoms with Crippen molar-refractivity contribution in [2.45, 2.75) is 25.2 Å². The fraction of sp³-hybridized carbons (Fsp3) is 0.389. The van der Waals surface area contributed by atoms with Gasteiger partial charge < -0.3 is 9.88 Å². The summed E-state index contributed by atoms with van der Waals surface area (Å²) in [5.74, 6) is 0.911. The summed E-state index contributed by atoms with van der Waals surface area (Å²) in [5.41, 5.74) is 3.47. The van der Waals surface area contributed by atoms with Gasteiger partial charge in [0.1, 0.15) is 5.82 Å². The number of likely N-dealkylation sites (N-methyl/N-ethyl adjacent to an activating group) is 1. The molecule has 3 nitrogen and oxygen atoms in total. The van der Waals surface area contributed by atoms with Crippen molar-refractivity contribution in [3.05, 3.63) is 45.9 Å². The molecule has 1 aromatic carbocycles. The van der Waals surface area contributed by atoms with Gasteiger partial charge in [-0.1, -0.05) is 25.0 Å². The molecular formula is C18H18BrFN2O. The largest absolute Gasteiger partial charge is 0.352 e. The Bertz CT molecular complexity index is 764. The van der Waals surface area contributed by atoms with E-state index in [1.807, 2.05) is 11.9 Å². The molecule has 1 amide bonds. The Balaban J connectivity index is 1.83. The highest BCUT2D eigenvalue weighted by Crippen LogP contribution is 2.45. The number of hydrogen-bond acceptors (Lipinski definition) is 1. The average Bonchev–Trinajstić information content (AvgIpc) is 3.26. The van der Waals surface area contributed by atoms with Gasteiger partial charge in [-0.3, -0.25) is 4.79 Å².